The second kappa shape index (κ2) is 47.0. The fraction of sp³-hybridized carbons (Fsp3) is 0.385. The van der Waals surface area contributed by atoms with Crippen LogP contribution < -0.4 is 39.1 Å². The molecular formula is C65H80BBr3N14O24S. The van der Waals surface area contributed by atoms with Gasteiger partial charge in [0.2, 0.25) is 23.0 Å². The SMILES string of the molecule is BrB(Br)Br.CCN(CC)C(=O)/C(C#N)=C(\NC)c1cc(O)c(O)c([N+](=O)[O-])c1.CCN(CC)C(=O)/C(C#N)=C(\NC)c1cc(OC)c(OC)c([N+](=O)[O-])c1.CCN(CC)C(=O)/C(C#N)=C(\O)c1cc(OC)c(OC)c([N+](=O)[O-])c1.CCN(CC)C(=O)/C(C#N)=C(\OS(C)(=O)=O)c1cc(OC)c(OC)c([N+](=O)[O-])c1. The summed E-state index contributed by atoms with van der Waals surface area (Å²) in [6.07, 6.45) is 0.721. The van der Waals surface area contributed by atoms with E-state index < -0.39 is 105 Å². The number of nitro benzene ring substituents is 4. The first-order valence-electron chi connectivity index (χ1n) is 31.4. The number of likely N-dealkylation sites (N-methyl/N-ethyl adjacent to an activating group) is 4. The van der Waals surface area contributed by atoms with Gasteiger partial charge in [0, 0.05) is 113 Å². The van der Waals surface area contributed by atoms with Gasteiger partial charge in [-0.3, -0.25) is 59.6 Å². The summed E-state index contributed by atoms with van der Waals surface area (Å²) in [5, 5.41) is 118. The number of amides is 4. The molecule has 0 bridgehead atoms. The van der Waals surface area contributed by atoms with Gasteiger partial charge in [-0.1, -0.05) is 0 Å². The Morgan fingerprint density at radius 3 is 0.991 bits per heavy atom. The number of hydrogen-bond acceptors (Lipinski definition) is 30. The summed E-state index contributed by atoms with van der Waals surface area (Å²) in [5.74, 6) is -5.73. The van der Waals surface area contributed by atoms with Crippen molar-refractivity contribution in [3.05, 3.63) is 134 Å². The average molecular weight is 1720 g/mol. The lowest BCUT2D eigenvalue weighted by atomic mass is 10.0. The Morgan fingerprint density at radius 2 is 0.722 bits per heavy atom. The van der Waals surface area contributed by atoms with E-state index in [2.05, 4.69) is 57.9 Å². The van der Waals surface area contributed by atoms with Crippen LogP contribution in [-0.4, -0.2) is 205 Å². The largest absolute Gasteiger partial charge is 0.506 e. The maximum Gasteiger partial charge on any atom is 0.369 e. The number of benzene rings is 4. The van der Waals surface area contributed by atoms with Gasteiger partial charge < -0.3 is 78.2 Å². The number of nitro groups is 4. The third-order valence-electron chi connectivity index (χ3n) is 14.6. The molecule has 4 aromatic carbocycles. The first-order chi connectivity index (χ1) is 50.8. The van der Waals surface area contributed by atoms with Gasteiger partial charge in [0.15, 0.2) is 39.9 Å². The van der Waals surface area contributed by atoms with Crippen molar-refractivity contribution in [2.45, 2.75) is 55.4 Å². The molecule has 43 heteroatoms. The first kappa shape index (κ1) is 96.3. The predicted octanol–water partition coefficient (Wildman–Crippen LogP) is 9.38. The van der Waals surface area contributed by atoms with E-state index in [1.807, 2.05) is 6.07 Å². The minimum atomic E-state index is -4.19. The predicted molar refractivity (Wildman–Crippen MR) is 406 cm³/mol. The highest BCUT2D eigenvalue weighted by molar-refractivity contribution is 9.69. The molecule has 4 amide bonds. The molecule has 0 aliphatic rings. The van der Waals surface area contributed by atoms with Gasteiger partial charge in [0.25, 0.3) is 23.6 Å². The van der Waals surface area contributed by atoms with Crippen LogP contribution in [0.5, 0.6) is 46.0 Å². The summed E-state index contributed by atoms with van der Waals surface area (Å²) in [6, 6.07) is 16.1. The smallest absolute Gasteiger partial charge is 0.369 e. The zero-order chi connectivity index (χ0) is 83.4. The van der Waals surface area contributed by atoms with Crippen LogP contribution in [0.15, 0.2) is 70.8 Å². The third kappa shape index (κ3) is 26.1. The molecule has 0 aliphatic heterocycles. The van der Waals surface area contributed by atoms with Crippen molar-refractivity contribution in [2.24, 2.45) is 0 Å². The number of phenols is 2. The number of carbonyl (C=O) groups excluding carboxylic acids is 4. The first-order valence-corrected chi connectivity index (χ1v) is 35.9. The van der Waals surface area contributed by atoms with Gasteiger partial charge in [-0.15, -0.1) is 47.3 Å². The number of ether oxygens (including phenoxy) is 6. The van der Waals surface area contributed by atoms with Crippen LogP contribution in [0, 0.1) is 85.8 Å². The van der Waals surface area contributed by atoms with Crippen molar-refractivity contribution in [1.82, 2.24) is 30.2 Å². The molecule has 0 spiro atoms. The van der Waals surface area contributed by atoms with Crippen LogP contribution in [0.4, 0.5) is 22.7 Å². The molecular weight excluding hydrogens is 1640 g/mol. The van der Waals surface area contributed by atoms with Crippen LogP contribution in [0.25, 0.3) is 22.9 Å². The highest BCUT2D eigenvalue weighted by atomic mass is 79.9. The van der Waals surface area contributed by atoms with Crippen LogP contribution in [-0.2, 0) is 33.5 Å². The Kier molecular flexibility index (Phi) is 41.9. The molecule has 38 nitrogen and oxygen atoms in total. The van der Waals surface area contributed by atoms with E-state index in [1.165, 1.54) is 101 Å². The van der Waals surface area contributed by atoms with E-state index in [1.54, 1.807) is 73.6 Å². The molecule has 4 aromatic rings. The molecule has 0 heterocycles. The summed E-state index contributed by atoms with van der Waals surface area (Å²) >= 11 is 9.31. The Hall–Kier alpha value is -11.7. The van der Waals surface area contributed by atoms with E-state index in [-0.39, 0.29) is 101 Å². The van der Waals surface area contributed by atoms with Crippen LogP contribution in [0.3, 0.4) is 0 Å². The highest BCUT2D eigenvalue weighted by Crippen LogP contribution is 2.44. The Balaban J connectivity index is 0.00000139. The van der Waals surface area contributed by atoms with Gasteiger partial charge in [-0.2, -0.15) is 29.5 Å². The number of nitriles is 4. The molecule has 4 rings (SSSR count). The summed E-state index contributed by atoms with van der Waals surface area (Å²) in [7, 11) is 6.36. The van der Waals surface area contributed by atoms with Gasteiger partial charge in [0.1, 0.15) is 41.2 Å². The van der Waals surface area contributed by atoms with E-state index >= 15 is 0 Å². The Labute approximate surface area is 647 Å². The number of carbonyl (C=O) groups is 4. The average Bonchev–Trinajstić information content (AvgIpc) is 0.831. The number of aliphatic hydroxyl groups excluding tert-OH is 1. The van der Waals surface area contributed by atoms with Crippen molar-refractivity contribution in [3.8, 4) is 70.3 Å². The zero-order valence-corrected chi connectivity index (χ0v) is 67.3. The topological polar surface area (TPSA) is 532 Å². The number of phenolic OH excluding ortho intramolecular Hbond substituents is 2. The number of halogens is 3. The normalized spacial score (nSPS) is 11.1. The van der Waals surface area contributed by atoms with Crippen molar-refractivity contribution in [2.75, 3.05) is 115 Å². The highest BCUT2D eigenvalue weighted by Gasteiger charge is 2.33. The van der Waals surface area contributed by atoms with Gasteiger partial charge in [-0.25, -0.2) is 0 Å². The maximum atomic E-state index is 12.7. The van der Waals surface area contributed by atoms with Gasteiger partial charge >= 0.3 is 36.1 Å². The molecule has 0 fully saturated rings. The number of hydrogen-bond donors (Lipinski definition) is 5. The van der Waals surface area contributed by atoms with Crippen LogP contribution in [0.2, 0.25) is 0 Å². The lowest BCUT2D eigenvalue weighted by Crippen LogP contribution is -2.32. The number of aromatic hydroxyl groups is 2. The van der Waals surface area contributed by atoms with E-state index in [0.717, 1.165) is 30.5 Å². The summed E-state index contributed by atoms with van der Waals surface area (Å²) in [6.45, 7) is 16.8. The van der Waals surface area contributed by atoms with Crippen molar-refractivity contribution >= 4 is 130 Å². The number of nitrogens with zero attached hydrogens (tertiary/aromatic N) is 12. The van der Waals surface area contributed by atoms with Gasteiger partial charge in [0.05, 0.1) is 80.0 Å². The Bertz CT molecular complexity index is 4380. The Morgan fingerprint density at radius 1 is 0.463 bits per heavy atom. The number of aliphatic hydroxyl groups is 1. The quantitative estimate of drug-likeness (QED) is 0.00474. The monoisotopic (exact) mass is 1720 g/mol. The molecule has 0 atom stereocenters. The fourth-order valence-electron chi connectivity index (χ4n) is 9.39. The zero-order valence-electron chi connectivity index (χ0n) is 61.7. The molecule has 0 radical (unpaired) electrons. The van der Waals surface area contributed by atoms with E-state index in [9.17, 15) is 104 Å². The van der Waals surface area contributed by atoms with Crippen LogP contribution in [0.1, 0.15) is 77.6 Å². The second-order valence-electron chi connectivity index (χ2n) is 20.4. The molecule has 108 heavy (non-hydrogen) atoms. The summed E-state index contributed by atoms with van der Waals surface area (Å²) in [4.78, 5) is 97.7. The summed E-state index contributed by atoms with van der Waals surface area (Å²) < 4.78 is 59.0. The van der Waals surface area contributed by atoms with Crippen molar-refractivity contribution in [3.63, 3.8) is 0 Å². The van der Waals surface area contributed by atoms with E-state index in [4.69, 9.17) is 32.6 Å². The van der Waals surface area contributed by atoms with Crippen LogP contribution >= 0.6 is 47.3 Å². The second-order valence-corrected chi connectivity index (χ2v) is 28.4. The molecule has 0 aromatic heterocycles. The minimum Gasteiger partial charge on any atom is -0.506 e. The number of nitrogens with one attached hydrogen (secondary N) is 2. The molecule has 0 unspecified atom stereocenters. The molecule has 584 valence electrons. The van der Waals surface area contributed by atoms with Crippen molar-refractivity contribution < 1.29 is 95.2 Å². The number of methoxy groups -OCH3 is 6. The molecule has 0 aliphatic carbocycles. The van der Waals surface area contributed by atoms with Crippen molar-refractivity contribution in [1.29, 1.82) is 21.0 Å². The third-order valence-corrected chi connectivity index (χ3v) is 15.0. The minimum absolute atomic E-state index is 0.00849. The van der Waals surface area contributed by atoms with E-state index in [0.29, 0.717) is 39.3 Å². The fourth-order valence-corrected chi connectivity index (χ4v) is 9.87. The maximum absolute atomic E-state index is 12.7. The lowest BCUT2D eigenvalue weighted by Gasteiger charge is -2.20. The number of rotatable bonds is 30. The standard InChI is InChI=1S/C17H22N4O5.C17H21N3O8S.C16H19N3O6.C15H18N4O5.BBr3/c1-6-20(7-2)17(22)12(10-18)15(19-3)11-8-13(21(23)24)16(26-5)14(9-11)25-4;1-6-19(7-2)17(21)12(10-18)15(28-29(5,24)25)11-8-13(20(22)23)16(27-4)14(9-11)26-3;1-5-18(6-2)16(21)11(9-17)14(20)10-7-12(19(22)23)15(25-4)13(8-10)24-3;1-4-18(5-2)15(22)10(8-16)13(17-3)9-6-11(19(23)24)14(21)12(20)7-9;2-1(3)4/h8-9,19H,6-7H2,1-5H3;8-9H,6-7H2,1-5H3;7-8,20H,5-6H2,1-4H3;6-7,17,20-21H,4-5H2,1-3H3;/b2*15-12-;14-11-;13-10-;. The lowest BCUT2D eigenvalue weighted by molar-refractivity contribution is -0.386. The molecule has 0 saturated carbocycles. The molecule has 0 saturated heterocycles. The summed E-state index contributed by atoms with van der Waals surface area (Å²) in [5.41, 5.74) is -3.42. The molecule has 5 N–H and O–H groups in total. The van der Waals surface area contributed by atoms with Gasteiger partial charge in [-0.05, 0) is 79.7 Å².